The van der Waals surface area contributed by atoms with Gasteiger partial charge in [-0.15, -0.1) is 10.2 Å². The fourth-order valence-corrected chi connectivity index (χ4v) is 4.74. The average molecular weight is 406 g/mol. The maximum Gasteiger partial charge on any atom is 0.267 e. The van der Waals surface area contributed by atoms with E-state index in [9.17, 15) is 4.79 Å². The third kappa shape index (κ3) is 5.69. The molecule has 0 saturated heterocycles. The number of benzene rings is 1. The van der Waals surface area contributed by atoms with Crippen molar-refractivity contribution in [2.75, 3.05) is 11.1 Å². The summed E-state index contributed by atoms with van der Waals surface area (Å²) in [6.07, 6.45) is 4.77. The lowest BCUT2D eigenvalue weighted by Crippen LogP contribution is -2.32. The van der Waals surface area contributed by atoms with Gasteiger partial charge in [0.15, 0.2) is 10.4 Å². The van der Waals surface area contributed by atoms with Crippen molar-refractivity contribution in [1.82, 2.24) is 10.2 Å². The first-order valence-corrected chi connectivity index (χ1v) is 11.4. The molecule has 1 aliphatic carbocycles. The standard InChI is InChI=1S/C20H27N3O2S2/c1-4-17(25-16-10-9-14-7-5-6-8-15(14)11-16)18(24)21-19-22-23-20(27-19)26-12-13(2)3/h9-11,13,17H,4-8,12H2,1-3H3,(H,21,22,24)/t17-/m1/s1. The third-order valence-corrected chi connectivity index (χ3v) is 6.84. The van der Waals surface area contributed by atoms with Gasteiger partial charge in [0, 0.05) is 5.75 Å². The van der Waals surface area contributed by atoms with E-state index in [2.05, 4.69) is 41.5 Å². The summed E-state index contributed by atoms with van der Waals surface area (Å²) in [6.45, 7) is 6.29. The second-order valence-electron chi connectivity index (χ2n) is 7.22. The van der Waals surface area contributed by atoms with Crippen LogP contribution in [0.15, 0.2) is 22.5 Å². The molecule has 146 valence electrons. The molecule has 0 bridgehead atoms. The molecule has 0 aliphatic heterocycles. The highest BCUT2D eigenvalue weighted by Crippen LogP contribution is 2.28. The van der Waals surface area contributed by atoms with Gasteiger partial charge in [0.25, 0.3) is 5.91 Å². The molecular formula is C20H27N3O2S2. The molecule has 1 aromatic heterocycles. The molecule has 0 radical (unpaired) electrons. The fraction of sp³-hybridized carbons (Fsp3) is 0.550. The Labute approximate surface area is 169 Å². The average Bonchev–Trinajstić information content (AvgIpc) is 3.11. The van der Waals surface area contributed by atoms with Crippen LogP contribution in [0.1, 0.15) is 51.2 Å². The maximum atomic E-state index is 12.6. The van der Waals surface area contributed by atoms with Gasteiger partial charge in [-0.25, -0.2) is 0 Å². The molecule has 1 amide bonds. The minimum absolute atomic E-state index is 0.174. The Kier molecular flexibility index (Phi) is 7.13. The van der Waals surface area contributed by atoms with Crippen molar-refractivity contribution < 1.29 is 9.53 Å². The van der Waals surface area contributed by atoms with Gasteiger partial charge in [-0.2, -0.15) is 0 Å². The van der Waals surface area contributed by atoms with Gasteiger partial charge in [0.2, 0.25) is 5.13 Å². The number of carbonyl (C=O) groups excluding carboxylic acids is 1. The van der Waals surface area contributed by atoms with Gasteiger partial charge >= 0.3 is 0 Å². The normalized spacial score (nSPS) is 14.7. The van der Waals surface area contributed by atoms with Crippen LogP contribution < -0.4 is 10.1 Å². The zero-order chi connectivity index (χ0) is 19.2. The second kappa shape index (κ2) is 9.55. The van der Waals surface area contributed by atoms with Crippen molar-refractivity contribution in [1.29, 1.82) is 0 Å². The monoisotopic (exact) mass is 405 g/mol. The lowest BCUT2D eigenvalue weighted by Gasteiger charge is -2.20. The van der Waals surface area contributed by atoms with Crippen LogP contribution in [0.25, 0.3) is 0 Å². The van der Waals surface area contributed by atoms with E-state index in [-0.39, 0.29) is 5.91 Å². The lowest BCUT2D eigenvalue weighted by molar-refractivity contribution is -0.122. The summed E-state index contributed by atoms with van der Waals surface area (Å²) < 4.78 is 6.87. The Morgan fingerprint density at radius 3 is 2.78 bits per heavy atom. The molecule has 1 aliphatic rings. The highest BCUT2D eigenvalue weighted by molar-refractivity contribution is 8.01. The lowest BCUT2D eigenvalue weighted by atomic mass is 9.92. The van der Waals surface area contributed by atoms with Gasteiger partial charge < -0.3 is 4.74 Å². The number of fused-ring (bicyclic) bond motifs is 1. The van der Waals surface area contributed by atoms with E-state index >= 15 is 0 Å². The van der Waals surface area contributed by atoms with Crippen molar-refractivity contribution in [2.45, 2.75) is 63.3 Å². The van der Waals surface area contributed by atoms with Crippen LogP contribution in [0.2, 0.25) is 0 Å². The van der Waals surface area contributed by atoms with E-state index in [1.54, 1.807) is 11.8 Å². The minimum Gasteiger partial charge on any atom is -0.481 e. The Bertz CT molecular complexity index is 776. The summed E-state index contributed by atoms with van der Waals surface area (Å²) in [5, 5.41) is 11.6. The number of thioether (sulfide) groups is 1. The molecule has 0 fully saturated rings. The first-order chi connectivity index (χ1) is 13.0. The van der Waals surface area contributed by atoms with Crippen molar-refractivity contribution in [2.24, 2.45) is 5.92 Å². The molecule has 0 spiro atoms. The number of nitrogens with zero attached hydrogens (tertiary/aromatic N) is 2. The summed E-state index contributed by atoms with van der Waals surface area (Å²) in [7, 11) is 0. The summed E-state index contributed by atoms with van der Waals surface area (Å²) in [5.41, 5.74) is 2.76. The fourth-order valence-electron chi connectivity index (χ4n) is 3.01. The van der Waals surface area contributed by atoms with Gasteiger partial charge in [0.05, 0.1) is 0 Å². The number of amides is 1. The van der Waals surface area contributed by atoms with Crippen LogP contribution in [-0.4, -0.2) is 28.0 Å². The Morgan fingerprint density at radius 1 is 1.26 bits per heavy atom. The van der Waals surface area contributed by atoms with Gasteiger partial charge in [-0.05, 0) is 61.3 Å². The molecule has 2 aromatic rings. The first kappa shape index (κ1) is 20.1. The number of anilines is 1. The number of aromatic nitrogens is 2. The Morgan fingerprint density at radius 2 is 2.04 bits per heavy atom. The topological polar surface area (TPSA) is 64.1 Å². The van der Waals surface area contributed by atoms with Crippen LogP contribution in [0, 0.1) is 5.92 Å². The summed E-state index contributed by atoms with van der Waals surface area (Å²) >= 11 is 3.08. The number of carbonyl (C=O) groups is 1. The van der Waals surface area contributed by atoms with E-state index in [1.165, 1.54) is 35.3 Å². The first-order valence-electron chi connectivity index (χ1n) is 9.60. The van der Waals surface area contributed by atoms with Crippen LogP contribution in [-0.2, 0) is 17.6 Å². The molecule has 27 heavy (non-hydrogen) atoms. The maximum absolute atomic E-state index is 12.6. The van der Waals surface area contributed by atoms with Gasteiger partial charge in [-0.3, -0.25) is 10.1 Å². The SMILES string of the molecule is CC[C@@H](Oc1ccc2c(c1)CCCC2)C(=O)Nc1nnc(SCC(C)C)s1. The Hall–Kier alpha value is -1.60. The van der Waals surface area contributed by atoms with Crippen molar-refractivity contribution in [3.8, 4) is 5.75 Å². The van der Waals surface area contributed by atoms with E-state index in [1.807, 2.05) is 13.0 Å². The number of rotatable bonds is 8. The molecule has 0 unspecified atom stereocenters. The third-order valence-electron chi connectivity index (χ3n) is 4.44. The molecule has 1 N–H and O–H groups in total. The van der Waals surface area contributed by atoms with E-state index < -0.39 is 6.10 Å². The summed E-state index contributed by atoms with van der Waals surface area (Å²) in [4.78, 5) is 12.6. The molecular weight excluding hydrogens is 378 g/mol. The molecule has 3 rings (SSSR count). The highest BCUT2D eigenvalue weighted by Gasteiger charge is 2.21. The smallest absolute Gasteiger partial charge is 0.267 e. The van der Waals surface area contributed by atoms with E-state index in [4.69, 9.17) is 4.74 Å². The quantitative estimate of drug-likeness (QED) is 0.497. The van der Waals surface area contributed by atoms with Crippen molar-refractivity contribution in [3.05, 3.63) is 29.3 Å². The van der Waals surface area contributed by atoms with Crippen LogP contribution >= 0.6 is 23.1 Å². The van der Waals surface area contributed by atoms with Crippen LogP contribution in [0.3, 0.4) is 0 Å². The molecule has 7 heteroatoms. The highest BCUT2D eigenvalue weighted by atomic mass is 32.2. The van der Waals surface area contributed by atoms with E-state index in [0.717, 1.165) is 28.7 Å². The van der Waals surface area contributed by atoms with Gasteiger partial charge in [-0.1, -0.05) is 49.9 Å². The zero-order valence-electron chi connectivity index (χ0n) is 16.2. The summed E-state index contributed by atoms with van der Waals surface area (Å²) in [6, 6.07) is 6.21. The summed E-state index contributed by atoms with van der Waals surface area (Å²) in [5.74, 6) is 2.17. The van der Waals surface area contributed by atoms with Crippen LogP contribution in [0.4, 0.5) is 5.13 Å². The van der Waals surface area contributed by atoms with Crippen molar-refractivity contribution in [3.63, 3.8) is 0 Å². The second-order valence-corrected chi connectivity index (χ2v) is 9.46. The number of hydrogen-bond donors (Lipinski definition) is 1. The van der Waals surface area contributed by atoms with Crippen LogP contribution in [0.5, 0.6) is 5.75 Å². The number of aryl methyl sites for hydroxylation is 2. The number of ether oxygens (including phenoxy) is 1. The molecule has 5 nitrogen and oxygen atoms in total. The zero-order valence-corrected chi connectivity index (χ0v) is 17.8. The molecule has 1 aromatic carbocycles. The molecule has 1 atom stereocenters. The number of nitrogens with one attached hydrogen (secondary N) is 1. The largest absolute Gasteiger partial charge is 0.481 e. The molecule has 1 heterocycles. The Balaban J connectivity index is 1.59. The molecule has 0 saturated carbocycles. The predicted molar refractivity (Wildman–Crippen MR) is 112 cm³/mol. The minimum atomic E-state index is -0.540. The number of hydrogen-bond acceptors (Lipinski definition) is 6. The van der Waals surface area contributed by atoms with Gasteiger partial charge in [0.1, 0.15) is 5.75 Å². The van der Waals surface area contributed by atoms with Crippen molar-refractivity contribution >= 4 is 34.1 Å². The predicted octanol–water partition coefficient (Wildman–Crippen LogP) is 4.96. The van der Waals surface area contributed by atoms with E-state index in [0.29, 0.717) is 17.5 Å².